The van der Waals surface area contributed by atoms with E-state index in [4.69, 9.17) is 9.47 Å². The van der Waals surface area contributed by atoms with Crippen LogP contribution in [0, 0.1) is 0 Å². The number of methoxy groups -OCH3 is 2. The van der Waals surface area contributed by atoms with Gasteiger partial charge in [0.2, 0.25) is 0 Å². The zero-order valence-corrected chi connectivity index (χ0v) is 20.0. The molecule has 7 heteroatoms. The van der Waals surface area contributed by atoms with Crippen molar-refractivity contribution in [1.29, 1.82) is 0 Å². The van der Waals surface area contributed by atoms with Crippen LogP contribution in [0.2, 0.25) is 0 Å². The molecule has 1 N–H and O–H groups in total. The summed E-state index contributed by atoms with van der Waals surface area (Å²) in [7, 11) is 4.85. The molecule has 1 aliphatic rings. The summed E-state index contributed by atoms with van der Waals surface area (Å²) in [4.78, 5) is 14.2. The first-order valence-electron chi connectivity index (χ1n) is 11.3. The van der Waals surface area contributed by atoms with E-state index in [1.54, 1.807) is 31.4 Å². The molecule has 0 spiro atoms. The Bertz CT molecular complexity index is 1220. The Morgan fingerprint density at radius 1 is 0.971 bits per heavy atom. The van der Waals surface area contributed by atoms with Gasteiger partial charge >= 0.3 is 5.97 Å². The van der Waals surface area contributed by atoms with Crippen molar-refractivity contribution < 1.29 is 23.0 Å². The summed E-state index contributed by atoms with van der Waals surface area (Å²) in [6.07, 6.45) is 1.76. The van der Waals surface area contributed by atoms with Crippen LogP contribution in [0.5, 0.6) is 5.75 Å². The van der Waals surface area contributed by atoms with Gasteiger partial charge in [-0.2, -0.15) is 0 Å². The fourth-order valence-corrected chi connectivity index (χ4v) is 4.07. The van der Waals surface area contributed by atoms with Crippen LogP contribution >= 0.6 is 0 Å². The Morgan fingerprint density at radius 2 is 1.63 bits per heavy atom. The summed E-state index contributed by atoms with van der Waals surface area (Å²) in [5.41, 5.74) is 5.73. The van der Waals surface area contributed by atoms with Crippen LogP contribution in [0.4, 0.5) is 31.5 Å². The van der Waals surface area contributed by atoms with E-state index >= 15 is 0 Å². The van der Waals surface area contributed by atoms with Gasteiger partial charge in [-0.1, -0.05) is 18.2 Å². The van der Waals surface area contributed by atoms with Gasteiger partial charge in [0.15, 0.2) is 0 Å². The number of rotatable bonds is 7. The maximum atomic E-state index is 13.4. The molecule has 3 aromatic carbocycles. The monoisotopic (exact) mass is 478 g/mol. The van der Waals surface area contributed by atoms with Crippen molar-refractivity contribution in [2.75, 3.05) is 31.5 Å². The molecule has 5 nitrogen and oxygen atoms in total. The van der Waals surface area contributed by atoms with E-state index in [2.05, 4.69) is 5.32 Å². The molecule has 0 saturated carbocycles. The van der Waals surface area contributed by atoms with Gasteiger partial charge < -0.3 is 19.7 Å². The maximum absolute atomic E-state index is 13.4. The molecule has 0 heterocycles. The van der Waals surface area contributed by atoms with E-state index in [-0.39, 0.29) is 12.8 Å². The highest BCUT2D eigenvalue weighted by Gasteiger charge is 2.31. The average Bonchev–Trinajstić information content (AvgIpc) is 2.88. The molecule has 35 heavy (non-hydrogen) atoms. The molecule has 0 radical (unpaired) electrons. The number of halogens is 2. The first-order valence-corrected chi connectivity index (χ1v) is 11.3. The zero-order valence-electron chi connectivity index (χ0n) is 20.0. The van der Waals surface area contributed by atoms with E-state index in [0.717, 1.165) is 28.2 Å². The summed E-state index contributed by atoms with van der Waals surface area (Å²) >= 11 is 0. The maximum Gasteiger partial charge on any atom is 0.340 e. The van der Waals surface area contributed by atoms with Crippen LogP contribution in [0.15, 0.2) is 72.8 Å². The minimum Gasteiger partial charge on any atom is -0.497 e. The van der Waals surface area contributed by atoms with Crippen LogP contribution in [-0.2, 0) is 4.74 Å². The van der Waals surface area contributed by atoms with Crippen LogP contribution < -0.4 is 15.0 Å². The Labute approximate surface area is 204 Å². The van der Waals surface area contributed by atoms with E-state index in [1.807, 2.05) is 60.5 Å². The highest BCUT2D eigenvalue weighted by atomic mass is 19.3. The summed E-state index contributed by atoms with van der Waals surface area (Å²) in [5.74, 6) is -2.47. The third kappa shape index (κ3) is 5.62. The lowest BCUT2D eigenvalue weighted by Gasteiger charge is -2.23. The average molecular weight is 479 g/mol. The fourth-order valence-electron chi connectivity index (χ4n) is 4.07. The Morgan fingerprint density at radius 3 is 2.20 bits per heavy atom. The van der Waals surface area contributed by atoms with Gasteiger partial charge in [0.05, 0.1) is 25.5 Å². The van der Waals surface area contributed by atoms with E-state index in [0.29, 0.717) is 23.4 Å². The third-order valence-corrected chi connectivity index (χ3v) is 6.20. The number of benzene rings is 3. The van der Waals surface area contributed by atoms with Gasteiger partial charge in [-0.05, 0) is 72.2 Å². The van der Waals surface area contributed by atoms with Gasteiger partial charge in [0.1, 0.15) is 5.75 Å². The Hall–Kier alpha value is -3.87. The second-order valence-electron chi connectivity index (χ2n) is 8.47. The first-order chi connectivity index (χ1) is 16.8. The van der Waals surface area contributed by atoms with E-state index in [1.165, 1.54) is 7.11 Å². The van der Waals surface area contributed by atoms with Gasteiger partial charge in [-0.3, -0.25) is 0 Å². The molecule has 0 fully saturated rings. The molecule has 1 aliphatic carbocycles. The van der Waals surface area contributed by atoms with Crippen LogP contribution in [-0.4, -0.2) is 33.2 Å². The van der Waals surface area contributed by atoms with Crippen LogP contribution in [0.3, 0.4) is 0 Å². The standard InChI is InChI=1S/C28H28F2N2O3/c1-32(22-8-4-19(5-9-22)20-14-16-28(29,30)17-15-20)23-10-6-21(7-11-23)31-26-13-12-24(34-2)18-25(26)27(33)35-3/h4-14,18,31H,15-17H2,1-3H3. The largest absolute Gasteiger partial charge is 0.497 e. The molecule has 0 amide bonds. The molecule has 0 aromatic heterocycles. The summed E-state index contributed by atoms with van der Waals surface area (Å²) in [6.45, 7) is 0. The van der Waals surface area contributed by atoms with Crippen molar-refractivity contribution in [3.05, 3.63) is 83.9 Å². The highest BCUT2D eigenvalue weighted by molar-refractivity contribution is 5.97. The molecule has 182 valence electrons. The second-order valence-corrected chi connectivity index (χ2v) is 8.47. The molecule has 4 rings (SSSR count). The quantitative estimate of drug-likeness (QED) is 0.364. The second kappa shape index (κ2) is 10.2. The lowest BCUT2D eigenvalue weighted by atomic mass is 9.91. The SMILES string of the molecule is COC(=O)c1cc(OC)ccc1Nc1ccc(N(C)c2ccc(C3=CCC(F)(F)CC3)cc2)cc1. The summed E-state index contributed by atoms with van der Waals surface area (Å²) in [5, 5.41) is 3.26. The molecular weight excluding hydrogens is 450 g/mol. The summed E-state index contributed by atoms with van der Waals surface area (Å²) in [6, 6.07) is 20.9. The number of carbonyl (C=O) groups excluding carboxylic acids is 1. The third-order valence-electron chi connectivity index (χ3n) is 6.20. The molecule has 3 aromatic rings. The molecule has 0 unspecified atom stereocenters. The number of nitrogens with one attached hydrogen (secondary N) is 1. The normalized spacial score (nSPS) is 14.6. The number of alkyl halides is 2. The molecule has 0 atom stereocenters. The minimum atomic E-state index is -2.58. The fraction of sp³-hybridized carbons (Fsp3) is 0.250. The highest BCUT2D eigenvalue weighted by Crippen LogP contribution is 2.37. The number of carbonyl (C=O) groups is 1. The lowest BCUT2D eigenvalue weighted by Crippen LogP contribution is -2.18. The predicted octanol–water partition coefficient (Wildman–Crippen LogP) is 7.20. The van der Waals surface area contributed by atoms with Crippen molar-refractivity contribution in [3.63, 3.8) is 0 Å². The van der Waals surface area contributed by atoms with Crippen molar-refractivity contribution in [1.82, 2.24) is 0 Å². The van der Waals surface area contributed by atoms with Crippen molar-refractivity contribution in [3.8, 4) is 5.75 Å². The Kier molecular flexibility index (Phi) is 7.05. The number of esters is 1. The lowest BCUT2D eigenvalue weighted by molar-refractivity contribution is -0.00603. The first kappa shape index (κ1) is 24.3. The van der Waals surface area contributed by atoms with Crippen molar-refractivity contribution in [2.45, 2.75) is 25.2 Å². The van der Waals surface area contributed by atoms with E-state index < -0.39 is 11.9 Å². The van der Waals surface area contributed by atoms with Gasteiger partial charge in [-0.15, -0.1) is 0 Å². The van der Waals surface area contributed by atoms with Crippen LogP contribution in [0.1, 0.15) is 35.2 Å². The number of nitrogens with zero attached hydrogens (tertiary/aromatic N) is 1. The smallest absolute Gasteiger partial charge is 0.340 e. The number of allylic oxidation sites excluding steroid dienone is 2. The zero-order chi connectivity index (χ0) is 25.0. The minimum absolute atomic E-state index is 0.0987. The topological polar surface area (TPSA) is 50.8 Å². The molecular formula is C28H28F2N2O3. The summed E-state index contributed by atoms with van der Waals surface area (Å²) < 4.78 is 37.0. The molecule has 0 aliphatic heterocycles. The Balaban J connectivity index is 1.47. The van der Waals surface area contributed by atoms with Gasteiger partial charge in [0.25, 0.3) is 5.92 Å². The van der Waals surface area contributed by atoms with Gasteiger partial charge in [0, 0.05) is 37.0 Å². The number of hydrogen-bond acceptors (Lipinski definition) is 5. The van der Waals surface area contributed by atoms with Gasteiger partial charge in [-0.25, -0.2) is 13.6 Å². The van der Waals surface area contributed by atoms with E-state index in [9.17, 15) is 13.6 Å². The molecule has 0 bridgehead atoms. The number of hydrogen-bond donors (Lipinski definition) is 1. The van der Waals surface area contributed by atoms with Crippen molar-refractivity contribution in [2.24, 2.45) is 0 Å². The molecule has 0 saturated heterocycles. The predicted molar refractivity (Wildman–Crippen MR) is 135 cm³/mol. The number of ether oxygens (including phenoxy) is 2. The number of anilines is 4. The van der Waals surface area contributed by atoms with Crippen LogP contribution in [0.25, 0.3) is 5.57 Å². The van der Waals surface area contributed by atoms with Crippen molar-refractivity contribution >= 4 is 34.3 Å².